The number of halogens is 6. The molecule has 0 saturated heterocycles. The van der Waals surface area contributed by atoms with Crippen molar-refractivity contribution < 1.29 is 44.0 Å². The summed E-state index contributed by atoms with van der Waals surface area (Å²) >= 11 is 0. The minimum atomic E-state index is -6.09. The first kappa shape index (κ1) is 30.0. The van der Waals surface area contributed by atoms with Gasteiger partial charge in [0.1, 0.15) is 16.7 Å². The first-order valence-corrected chi connectivity index (χ1v) is 12.9. The van der Waals surface area contributed by atoms with Crippen LogP contribution < -0.4 is 4.74 Å². The summed E-state index contributed by atoms with van der Waals surface area (Å²) in [7, 11) is -5.39. The largest absolute Gasteiger partial charge is 0.741 e. The molecule has 0 unspecified atom stereocenters. The van der Waals surface area contributed by atoms with Gasteiger partial charge in [0, 0.05) is 0 Å². The Morgan fingerprint density at radius 1 is 0.811 bits per heavy atom. The van der Waals surface area contributed by atoms with Gasteiger partial charge in [0.15, 0.2) is 19.9 Å². The number of ether oxygens (including phenoxy) is 1. The van der Waals surface area contributed by atoms with E-state index in [9.17, 15) is 26.3 Å². The molecule has 0 amide bonds. The van der Waals surface area contributed by atoms with Gasteiger partial charge in [0.25, 0.3) is 0 Å². The van der Waals surface area contributed by atoms with Crippen molar-refractivity contribution in [1.29, 1.82) is 0 Å². The predicted molar refractivity (Wildman–Crippen MR) is 129 cm³/mol. The maximum atomic E-state index is 13.8. The summed E-state index contributed by atoms with van der Waals surface area (Å²) in [5, 5.41) is 1.31. The molecule has 0 aliphatic carbocycles. The second-order valence-corrected chi connectivity index (χ2v) is 10.3. The number of alkyl halides is 6. The van der Waals surface area contributed by atoms with Crippen LogP contribution in [-0.2, 0) is 21.0 Å². The molecule has 0 N–H and O–H groups in total. The predicted octanol–water partition coefficient (Wildman–Crippen LogP) is 6.94. The van der Waals surface area contributed by atoms with Gasteiger partial charge < -0.3 is 9.29 Å². The van der Waals surface area contributed by atoms with E-state index in [1.54, 1.807) is 31.4 Å². The van der Waals surface area contributed by atoms with Crippen LogP contribution in [0.3, 0.4) is 0 Å². The summed E-state index contributed by atoms with van der Waals surface area (Å²) < 4.78 is 105. The molecular weight excluding hydrogens is 542 g/mol. The molecule has 3 rings (SSSR count). The highest BCUT2D eigenvalue weighted by Gasteiger charge is 2.37. The van der Waals surface area contributed by atoms with E-state index in [0.717, 1.165) is 15.9 Å². The molecule has 0 radical (unpaired) electrons. The summed E-state index contributed by atoms with van der Waals surface area (Å²) in [6, 6.07) is 25.4. The molecule has 3 aromatic rings. The molecule has 0 heterocycles. The van der Waals surface area contributed by atoms with Crippen LogP contribution in [0, 0.1) is 0 Å². The Kier molecular flexibility index (Phi) is 10.4. The Labute approximate surface area is 213 Å². The van der Waals surface area contributed by atoms with Gasteiger partial charge in [-0.05, 0) is 48.0 Å². The van der Waals surface area contributed by atoms with Gasteiger partial charge in [-0.25, -0.2) is 8.42 Å². The molecule has 0 spiro atoms. The summed E-state index contributed by atoms with van der Waals surface area (Å²) in [6.45, 7) is 0. The average Bonchev–Trinajstić information content (AvgIpc) is 2.84. The van der Waals surface area contributed by atoms with Gasteiger partial charge >= 0.3 is 11.7 Å². The fourth-order valence-corrected chi connectivity index (χ4v) is 4.55. The standard InChI is InChI=1S/C24H20F3OS.CHF3O3S/c1-28-21-16-13-19(14-17-21)12-15-20(24(25,26)27)18-29(22-8-4-2-5-9-22)23-10-6-3-7-11-23;2-1(3,4)8(5,6)7/h2-18H,1H3;(H,5,6,7)/q+1;/p-1/b15-12+,20-18+;. The summed E-state index contributed by atoms with van der Waals surface area (Å²) in [5.41, 5.74) is -5.66. The van der Waals surface area contributed by atoms with E-state index in [0.29, 0.717) is 11.3 Å². The maximum absolute atomic E-state index is 13.8. The molecule has 3 aromatic carbocycles. The summed E-state index contributed by atoms with van der Waals surface area (Å²) in [4.78, 5) is 1.66. The van der Waals surface area contributed by atoms with Gasteiger partial charge in [0.05, 0.1) is 18.0 Å². The van der Waals surface area contributed by atoms with E-state index in [2.05, 4.69) is 0 Å². The summed E-state index contributed by atoms with van der Waals surface area (Å²) in [5.74, 6) is 0.656. The number of methoxy groups -OCH3 is 1. The molecule has 37 heavy (non-hydrogen) atoms. The minimum absolute atomic E-state index is 0.656. The van der Waals surface area contributed by atoms with Crippen LogP contribution >= 0.6 is 0 Å². The SMILES string of the molecule is COc1ccc(/C=C/C(=C\[S+](c2ccccc2)c2ccccc2)C(F)(F)F)cc1.O=S(=O)([O-])C(F)(F)F. The molecule has 0 atom stereocenters. The van der Waals surface area contributed by atoms with E-state index < -0.39 is 38.3 Å². The number of hydrogen-bond donors (Lipinski definition) is 0. The maximum Gasteiger partial charge on any atom is 0.485 e. The van der Waals surface area contributed by atoms with Gasteiger partial charge in [0.2, 0.25) is 0 Å². The third-order valence-electron chi connectivity index (χ3n) is 4.42. The highest BCUT2D eigenvalue weighted by molar-refractivity contribution is 7.99. The zero-order valence-electron chi connectivity index (χ0n) is 19.0. The van der Waals surface area contributed by atoms with E-state index in [-0.39, 0.29) is 0 Å². The van der Waals surface area contributed by atoms with Gasteiger partial charge in [-0.1, -0.05) is 54.6 Å². The highest BCUT2D eigenvalue weighted by Crippen LogP contribution is 2.33. The van der Waals surface area contributed by atoms with Crippen molar-refractivity contribution in [2.24, 2.45) is 0 Å². The smallest absolute Gasteiger partial charge is 0.485 e. The minimum Gasteiger partial charge on any atom is -0.741 e. The van der Waals surface area contributed by atoms with Gasteiger partial charge in [-0.15, -0.1) is 0 Å². The average molecular weight is 563 g/mol. The Morgan fingerprint density at radius 3 is 1.59 bits per heavy atom. The van der Waals surface area contributed by atoms with Crippen LogP contribution in [0.15, 0.2) is 112 Å². The quantitative estimate of drug-likeness (QED) is 0.107. The molecule has 0 saturated carbocycles. The van der Waals surface area contributed by atoms with Crippen molar-refractivity contribution in [3.05, 3.63) is 108 Å². The summed E-state index contributed by atoms with van der Waals surface area (Å²) in [6.07, 6.45) is -1.86. The van der Waals surface area contributed by atoms with E-state index in [4.69, 9.17) is 17.7 Å². The molecule has 198 valence electrons. The first-order chi connectivity index (χ1) is 17.2. The molecule has 0 aromatic heterocycles. The van der Waals surface area contributed by atoms with Crippen LogP contribution in [0.4, 0.5) is 26.3 Å². The van der Waals surface area contributed by atoms with Crippen molar-refractivity contribution in [1.82, 2.24) is 0 Å². The molecule has 0 aliphatic heterocycles. The van der Waals surface area contributed by atoms with E-state index in [1.165, 1.54) is 11.5 Å². The fourth-order valence-electron chi connectivity index (χ4n) is 2.63. The van der Waals surface area contributed by atoms with Crippen LogP contribution in [0.25, 0.3) is 6.08 Å². The lowest BCUT2D eigenvalue weighted by Crippen LogP contribution is -2.21. The van der Waals surface area contributed by atoms with Crippen LogP contribution in [0.5, 0.6) is 5.75 Å². The van der Waals surface area contributed by atoms with E-state index >= 15 is 0 Å². The highest BCUT2D eigenvalue weighted by atomic mass is 32.2. The number of allylic oxidation sites excluding steroid dienone is 2. The number of hydrogen-bond acceptors (Lipinski definition) is 4. The Bertz CT molecular complexity index is 1250. The number of benzene rings is 3. The van der Waals surface area contributed by atoms with Crippen molar-refractivity contribution in [2.45, 2.75) is 21.5 Å². The molecule has 0 bridgehead atoms. The first-order valence-electron chi connectivity index (χ1n) is 10.2. The second-order valence-electron chi connectivity index (χ2n) is 7.04. The third-order valence-corrected chi connectivity index (χ3v) is 7.04. The zero-order chi connectivity index (χ0) is 27.7. The van der Waals surface area contributed by atoms with Crippen molar-refractivity contribution >= 4 is 27.1 Å². The third kappa shape index (κ3) is 9.63. The fraction of sp³-hybridized carbons (Fsp3) is 0.120. The monoisotopic (exact) mass is 562 g/mol. The van der Waals surface area contributed by atoms with Crippen molar-refractivity contribution in [3.8, 4) is 5.75 Å². The van der Waals surface area contributed by atoms with Crippen molar-refractivity contribution in [2.75, 3.05) is 7.11 Å². The van der Waals surface area contributed by atoms with Gasteiger partial charge in [-0.3, -0.25) is 0 Å². The lowest BCUT2D eigenvalue weighted by Gasteiger charge is -2.09. The topological polar surface area (TPSA) is 66.4 Å². The molecule has 4 nitrogen and oxygen atoms in total. The second kappa shape index (κ2) is 12.8. The lowest BCUT2D eigenvalue weighted by molar-refractivity contribution is -0.0879. The Hall–Kier alpha value is -3.22. The Balaban J connectivity index is 0.000000521. The van der Waals surface area contributed by atoms with Gasteiger partial charge in [-0.2, -0.15) is 26.3 Å². The zero-order valence-corrected chi connectivity index (χ0v) is 20.7. The van der Waals surface area contributed by atoms with Crippen LogP contribution in [0.2, 0.25) is 0 Å². The lowest BCUT2D eigenvalue weighted by atomic mass is 10.1. The molecule has 12 heteroatoms. The Morgan fingerprint density at radius 2 is 1.24 bits per heavy atom. The normalized spacial score (nSPS) is 12.8. The van der Waals surface area contributed by atoms with Crippen LogP contribution in [-0.4, -0.2) is 31.8 Å². The molecule has 0 fully saturated rings. The molecule has 0 aliphatic rings. The van der Waals surface area contributed by atoms with E-state index in [1.807, 2.05) is 60.7 Å². The van der Waals surface area contributed by atoms with Crippen LogP contribution in [0.1, 0.15) is 5.56 Å². The number of rotatable bonds is 6. The molecular formula is C25H20F6O4S2. The van der Waals surface area contributed by atoms with Crippen molar-refractivity contribution in [3.63, 3.8) is 0 Å².